The Morgan fingerprint density at radius 2 is 1.88 bits per heavy atom. The third kappa shape index (κ3) is 5.81. The summed E-state index contributed by atoms with van der Waals surface area (Å²) >= 11 is 0. The number of hydrogen-bond acceptors (Lipinski definition) is 3. The van der Waals surface area contributed by atoms with Gasteiger partial charge in [0, 0.05) is 24.6 Å². The maximum atomic E-state index is 14.0. The highest BCUT2D eigenvalue weighted by atomic mass is 19.1. The maximum Gasteiger partial charge on any atom is 0.242 e. The van der Waals surface area contributed by atoms with Crippen LogP contribution in [0.5, 0.6) is 0 Å². The summed E-state index contributed by atoms with van der Waals surface area (Å²) in [5.74, 6) is -0.758. The van der Waals surface area contributed by atoms with Gasteiger partial charge in [-0.25, -0.2) is 4.39 Å². The van der Waals surface area contributed by atoms with Gasteiger partial charge < -0.3 is 10.6 Å². The molecule has 2 rings (SSSR count). The molecule has 5 nitrogen and oxygen atoms in total. The third-order valence-corrected chi connectivity index (χ3v) is 4.59. The molecule has 0 spiro atoms. The van der Waals surface area contributed by atoms with Crippen LogP contribution in [0, 0.1) is 5.82 Å². The molecule has 0 unspecified atom stereocenters. The fraction of sp³-hybridized carbons (Fsp3) is 0.579. The second-order valence-corrected chi connectivity index (χ2v) is 6.83. The zero-order chi connectivity index (χ0) is 18.2. The summed E-state index contributed by atoms with van der Waals surface area (Å²) in [6, 6.07) is 5.80. The van der Waals surface area contributed by atoms with Crippen LogP contribution in [0.3, 0.4) is 0 Å². The number of carbonyl (C=O) groups excluding carboxylic acids is 2. The molecule has 6 heteroatoms. The van der Waals surface area contributed by atoms with Gasteiger partial charge in [-0.15, -0.1) is 0 Å². The van der Waals surface area contributed by atoms with Crippen LogP contribution in [-0.4, -0.2) is 43.4 Å². The fourth-order valence-electron chi connectivity index (χ4n) is 3.29. The van der Waals surface area contributed by atoms with Crippen molar-refractivity contribution in [2.24, 2.45) is 0 Å². The number of benzene rings is 1. The molecule has 0 saturated heterocycles. The molecule has 1 saturated carbocycles. The standard InChI is InChI=1S/C19H28FN3O2/c1-23(2)18(15-10-6-7-11-16(15)20)19(25)21-13-12-17(24)22-14-8-4-3-5-9-14/h6-7,10-11,14,18H,3-5,8-9,12-13H2,1-2H3,(H,21,25)(H,22,24)/t18-/m1/s1. The molecule has 0 aliphatic heterocycles. The van der Waals surface area contributed by atoms with E-state index in [2.05, 4.69) is 10.6 Å². The SMILES string of the molecule is CN(C)[C@@H](C(=O)NCCC(=O)NC1CCCCC1)c1ccccc1F. The first kappa shape index (κ1) is 19.4. The van der Waals surface area contributed by atoms with E-state index in [1.807, 2.05) is 0 Å². The van der Waals surface area contributed by atoms with Crippen LogP contribution in [0.1, 0.15) is 50.1 Å². The van der Waals surface area contributed by atoms with E-state index in [4.69, 9.17) is 0 Å². The molecule has 2 amide bonds. The minimum absolute atomic E-state index is 0.0421. The molecule has 0 bridgehead atoms. The number of likely N-dealkylation sites (N-methyl/N-ethyl adjacent to an activating group) is 1. The van der Waals surface area contributed by atoms with Crippen molar-refractivity contribution in [1.82, 2.24) is 15.5 Å². The lowest BCUT2D eigenvalue weighted by Gasteiger charge is -2.24. The lowest BCUT2D eigenvalue weighted by atomic mass is 9.95. The van der Waals surface area contributed by atoms with Crippen molar-refractivity contribution < 1.29 is 14.0 Å². The monoisotopic (exact) mass is 349 g/mol. The van der Waals surface area contributed by atoms with E-state index in [0.29, 0.717) is 5.56 Å². The Kier molecular flexibility index (Phi) is 7.37. The molecular formula is C19H28FN3O2. The van der Waals surface area contributed by atoms with Crippen LogP contribution >= 0.6 is 0 Å². The van der Waals surface area contributed by atoms with Crippen molar-refractivity contribution in [2.75, 3.05) is 20.6 Å². The smallest absolute Gasteiger partial charge is 0.242 e. The number of nitrogens with zero attached hydrogens (tertiary/aromatic N) is 1. The molecule has 1 aliphatic rings. The number of rotatable bonds is 7. The van der Waals surface area contributed by atoms with Gasteiger partial charge in [0.1, 0.15) is 11.9 Å². The molecule has 1 aromatic rings. The van der Waals surface area contributed by atoms with Crippen molar-refractivity contribution in [1.29, 1.82) is 0 Å². The van der Waals surface area contributed by atoms with E-state index in [-0.39, 0.29) is 30.8 Å². The Hall–Kier alpha value is -1.95. The van der Waals surface area contributed by atoms with Gasteiger partial charge in [-0.1, -0.05) is 37.5 Å². The largest absolute Gasteiger partial charge is 0.354 e. The van der Waals surface area contributed by atoms with E-state index in [1.54, 1.807) is 37.2 Å². The van der Waals surface area contributed by atoms with Crippen LogP contribution in [0.4, 0.5) is 4.39 Å². The molecule has 2 N–H and O–H groups in total. The van der Waals surface area contributed by atoms with Crippen LogP contribution in [0.15, 0.2) is 24.3 Å². The molecule has 0 heterocycles. The van der Waals surface area contributed by atoms with Crippen LogP contribution in [-0.2, 0) is 9.59 Å². The summed E-state index contributed by atoms with van der Waals surface area (Å²) in [5.41, 5.74) is 0.330. The quantitative estimate of drug-likeness (QED) is 0.794. The predicted molar refractivity (Wildman–Crippen MR) is 95.5 cm³/mol. The van der Waals surface area contributed by atoms with Crippen molar-refractivity contribution in [3.05, 3.63) is 35.6 Å². The van der Waals surface area contributed by atoms with Gasteiger partial charge >= 0.3 is 0 Å². The summed E-state index contributed by atoms with van der Waals surface area (Å²) in [6.45, 7) is 0.246. The van der Waals surface area contributed by atoms with Gasteiger partial charge in [0.2, 0.25) is 11.8 Å². The van der Waals surface area contributed by atoms with E-state index in [0.717, 1.165) is 25.7 Å². The Bertz CT molecular complexity index is 586. The molecule has 1 atom stereocenters. The molecule has 138 valence electrons. The van der Waals surface area contributed by atoms with E-state index in [9.17, 15) is 14.0 Å². The predicted octanol–water partition coefficient (Wildman–Crippen LogP) is 2.38. The van der Waals surface area contributed by atoms with Gasteiger partial charge in [0.05, 0.1) is 0 Å². The Labute approximate surface area is 149 Å². The first-order chi connectivity index (χ1) is 12.0. The Balaban J connectivity index is 1.83. The van der Waals surface area contributed by atoms with Crippen molar-refractivity contribution in [2.45, 2.75) is 50.6 Å². The van der Waals surface area contributed by atoms with Crippen molar-refractivity contribution in [3.63, 3.8) is 0 Å². The molecule has 0 aromatic heterocycles. The van der Waals surface area contributed by atoms with Gasteiger partial charge in [-0.2, -0.15) is 0 Å². The minimum atomic E-state index is -0.720. The lowest BCUT2D eigenvalue weighted by Crippen LogP contribution is -2.41. The first-order valence-corrected chi connectivity index (χ1v) is 8.97. The normalized spacial score (nSPS) is 16.5. The summed E-state index contributed by atoms with van der Waals surface area (Å²) < 4.78 is 14.0. The fourth-order valence-corrected chi connectivity index (χ4v) is 3.29. The average Bonchev–Trinajstić information content (AvgIpc) is 2.57. The number of carbonyl (C=O) groups is 2. The van der Waals surface area contributed by atoms with Crippen molar-refractivity contribution >= 4 is 11.8 Å². The number of amides is 2. The van der Waals surface area contributed by atoms with Crippen molar-refractivity contribution in [3.8, 4) is 0 Å². The summed E-state index contributed by atoms with van der Waals surface area (Å²) in [4.78, 5) is 26.1. The zero-order valence-electron chi connectivity index (χ0n) is 15.1. The molecule has 1 fully saturated rings. The van der Waals surface area contributed by atoms with Crippen LogP contribution < -0.4 is 10.6 Å². The third-order valence-electron chi connectivity index (χ3n) is 4.59. The van der Waals surface area contributed by atoms with E-state index in [1.165, 1.54) is 12.5 Å². The van der Waals surface area contributed by atoms with Crippen LogP contribution in [0.2, 0.25) is 0 Å². The Morgan fingerprint density at radius 1 is 1.20 bits per heavy atom. The number of halogens is 1. The van der Waals surface area contributed by atoms with Gasteiger partial charge in [-0.3, -0.25) is 14.5 Å². The van der Waals surface area contributed by atoms with E-state index >= 15 is 0 Å². The molecule has 1 aromatic carbocycles. The first-order valence-electron chi connectivity index (χ1n) is 8.97. The van der Waals surface area contributed by atoms with E-state index < -0.39 is 11.9 Å². The highest BCUT2D eigenvalue weighted by Crippen LogP contribution is 2.21. The molecule has 25 heavy (non-hydrogen) atoms. The second-order valence-electron chi connectivity index (χ2n) is 6.83. The van der Waals surface area contributed by atoms with Gasteiger partial charge in [-0.05, 0) is 33.0 Å². The highest BCUT2D eigenvalue weighted by Gasteiger charge is 2.25. The highest BCUT2D eigenvalue weighted by molar-refractivity contribution is 5.84. The number of nitrogens with one attached hydrogen (secondary N) is 2. The zero-order valence-corrected chi connectivity index (χ0v) is 15.1. The molecule has 1 aliphatic carbocycles. The summed E-state index contributed by atoms with van der Waals surface area (Å²) in [5, 5.41) is 5.77. The number of hydrogen-bond donors (Lipinski definition) is 2. The van der Waals surface area contributed by atoms with Gasteiger partial charge in [0.25, 0.3) is 0 Å². The average molecular weight is 349 g/mol. The van der Waals surface area contributed by atoms with Crippen LogP contribution in [0.25, 0.3) is 0 Å². The maximum absolute atomic E-state index is 14.0. The molecule has 0 radical (unpaired) electrons. The van der Waals surface area contributed by atoms with Gasteiger partial charge in [0.15, 0.2) is 0 Å². The second kappa shape index (κ2) is 9.51. The lowest BCUT2D eigenvalue weighted by molar-refractivity contribution is -0.126. The molecular weight excluding hydrogens is 321 g/mol. The Morgan fingerprint density at radius 3 is 2.52 bits per heavy atom. The topological polar surface area (TPSA) is 61.4 Å². The summed E-state index contributed by atoms with van der Waals surface area (Å²) in [7, 11) is 3.46. The minimum Gasteiger partial charge on any atom is -0.354 e. The summed E-state index contributed by atoms with van der Waals surface area (Å²) in [6.07, 6.45) is 5.87.